The van der Waals surface area contributed by atoms with Crippen molar-refractivity contribution in [3.05, 3.63) is 40.2 Å². The van der Waals surface area contributed by atoms with Crippen molar-refractivity contribution in [1.82, 2.24) is 0 Å². The summed E-state index contributed by atoms with van der Waals surface area (Å²) in [5, 5.41) is 1.00. The van der Waals surface area contributed by atoms with Gasteiger partial charge < -0.3 is 14.8 Å². The number of hydrogen-bond acceptors (Lipinski definition) is 3. The molecule has 4 heteroatoms. The summed E-state index contributed by atoms with van der Waals surface area (Å²) in [6, 6.07) is 7.56. The summed E-state index contributed by atoms with van der Waals surface area (Å²) in [6.07, 6.45) is 0. The molecule has 2 rings (SSSR count). The quantitative estimate of drug-likeness (QED) is 0.783. The highest BCUT2D eigenvalue weighted by Gasteiger charge is 2.06. The molecule has 0 aliphatic carbocycles. The van der Waals surface area contributed by atoms with Gasteiger partial charge in [-0.25, -0.2) is 4.79 Å². The molecule has 0 bridgehead atoms. The maximum absolute atomic E-state index is 11.3. The van der Waals surface area contributed by atoms with E-state index >= 15 is 0 Å². The van der Waals surface area contributed by atoms with Crippen molar-refractivity contribution in [2.75, 3.05) is 18.0 Å². The van der Waals surface area contributed by atoms with E-state index in [9.17, 15) is 4.79 Å². The van der Waals surface area contributed by atoms with Gasteiger partial charge in [0.25, 0.3) is 0 Å². The Bertz CT molecular complexity index is 585. The lowest BCUT2D eigenvalue weighted by Gasteiger charge is -2.21. The highest BCUT2D eigenvalue weighted by atomic mass is 16.4. The van der Waals surface area contributed by atoms with Crippen LogP contribution in [-0.2, 0) is 0 Å². The Labute approximate surface area is 106 Å². The summed E-state index contributed by atoms with van der Waals surface area (Å²) < 4.78 is 5.24. The minimum atomic E-state index is -0.285. The van der Waals surface area contributed by atoms with E-state index in [1.807, 2.05) is 19.1 Å². The fourth-order valence-corrected chi connectivity index (χ4v) is 2.10. The van der Waals surface area contributed by atoms with Gasteiger partial charge in [0.15, 0.2) is 0 Å². The molecule has 0 unspecified atom stereocenters. The van der Waals surface area contributed by atoms with Crippen LogP contribution in [-0.4, -0.2) is 18.6 Å². The number of rotatable bonds is 3. The van der Waals surface area contributed by atoms with Crippen molar-refractivity contribution < 1.29 is 9.89 Å². The minimum Gasteiger partial charge on any atom is -0.423 e. The summed E-state index contributed by atoms with van der Waals surface area (Å²) in [4.78, 5) is 13.6. The largest absolute Gasteiger partial charge is 0.423 e. The molecule has 0 fully saturated rings. The molecule has 0 atom stereocenters. The number of fused-ring (bicyclic) bond motifs is 1. The van der Waals surface area contributed by atoms with Crippen LogP contribution in [0.5, 0.6) is 0 Å². The van der Waals surface area contributed by atoms with Crippen molar-refractivity contribution in [2.45, 2.75) is 20.8 Å². The first-order chi connectivity index (χ1) is 8.15. The molecule has 98 valence electrons. The average Bonchev–Trinajstić information content (AvgIpc) is 2.30. The van der Waals surface area contributed by atoms with Crippen LogP contribution in [0, 0.1) is 6.92 Å². The van der Waals surface area contributed by atoms with Crippen LogP contribution >= 0.6 is 0 Å². The lowest BCUT2D eigenvalue weighted by atomic mass is 10.1. The molecule has 0 saturated heterocycles. The first-order valence-corrected chi connectivity index (χ1v) is 5.95. The molecule has 4 nitrogen and oxygen atoms in total. The number of benzene rings is 1. The fraction of sp³-hybridized carbons (Fsp3) is 0.357. The maximum Gasteiger partial charge on any atom is 0.336 e. The van der Waals surface area contributed by atoms with E-state index in [2.05, 4.69) is 24.8 Å². The Morgan fingerprint density at radius 3 is 2.44 bits per heavy atom. The van der Waals surface area contributed by atoms with E-state index in [1.165, 1.54) is 6.07 Å². The predicted molar refractivity (Wildman–Crippen MR) is 74.4 cm³/mol. The van der Waals surface area contributed by atoms with Crippen molar-refractivity contribution in [3.8, 4) is 0 Å². The molecule has 18 heavy (non-hydrogen) atoms. The van der Waals surface area contributed by atoms with Crippen LogP contribution in [0.2, 0.25) is 0 Å². The Morgan fingerprint density at radius 1 is 1.17 bits per heavy atom. The number of nitrogens with zero attached hydrogens (tertiary/aromatic N) is 1. The standard InChI is InChI=1S/C14H17NO2.H2O/c1-4-15(5-2)11-6-7-12-10(3)8-14(16)17-13(12)9-11;/h6-9H,4-5H2,1-3H3;1H2. The summed E-state index contributed by atoms with van der Waals surface area (Å²) >= 11 is 0. The molecule has 1 aromatic carbocycles. The smallest absolute Gasteiger partial charge is 0.336 e. The fourth-order valence-electron chi connectivity index (χ4n) is 2.10. The van der Waals surface area contributed by atoms with Gasteiger partial charge in [-0.1, -0.05) is 0 Å². The van der Waals surface area contributed by atoms with E-state index in [4.69, 9.17) is 4.42 Å². The zero-order valence-electron chi connectivity index (χ0n) is 11.0. The zero-order valence-corrected chi connectivity index (χ0v) is 11.0. The molecule has 2 aromatic rings. The van der Waals surface area contributed by atoms with Crippen molar-refractivity contribution in [3.63, 3.8) is 0 Å². The third-order valence-electron chi connectivity index (χ3n) is 3.06. The zero-order chi connectivity index (χ0) is 12.4. The van der Waals surface area contributed by atoms with Gasteiger partial charge in [0.2, 0.25) is 0 Å². The van der Waals surface area contributed by atoms with Gasteiger partial charge in [0.1, 0.15) is 5.58 Å². The average molecular weight is 249 g/mol. The molecular formula is C14H19NO3. The number of hydrogen-bond donors (Lipinski definition) is 0. The van der Waals surface area contributed by atoms with Gasteiger partial charge in [-0.3, -0.25) is 0 Å². The van der Waals surface area contributed by atoms with Crippen LogP contribution in [0.4, 0.5) is 5.69 Å². The van der Waals surface area contributed by atoms with Gasteiger partial charge in [0.05, 0.1) is 0 Å². The molecule has 0 radical (unpaired) electrons. The van der Waals surface area contributed by atoms with E-state index in [-0.39, 0.29) is 11.1 Å². The highest BCUT2D eigenvalue weighted by Crippen LogP contribution is 2.23. The summed E-state index contributed by atoms with van der Waals surface area (Å²) in [5.41, 5.74) is 2.43. The van der Waals surface area contributed by atoms with Gasteiger partial charge >= 0.3 is 5.63 Å². The summed E-state index contributed by atoms with van der Waals surface area (Å²) in [5.74, 6) is 0. The molecule has 0 aliphatic rings. The molecule has 0 aliphatic heterocycles. The van der Waals surface area contributed by atoms with Crippen molar-refractivity contribution in [1.29, 1.82) is 0 Å². The van der Waals surface area contributed by atoms with Gasteiger partial charge in [-0.15, -0.1) is 0 Å². The predicted octanol–water partition coefficient (Wildman–Crippen LogP) is 2.12. The molecular weight excluding hydrogens is 230 g/mol. The van der Waals surface area contributed by atoms with Gasteiger partial charge in [-0.2, -0.15) is 0 Å². The molecule has 0 saturated carbocycles. The Hall–Kier alpha value is -1.81. The minimum absolute atomic E-state index is 0. The van der Waals surface area contributed by atoms with E-state index in [1.54, 1.807) is 0 Å². The van der Waals surface area contributed by atoms with Crippen molar-refractivity contribution >= 4 is 16.7 Å². The molecule has 0 amide bonds. The van der Waals surface area contributed by atoms with E-state index in [0.717, 1.165) is 29.7 Å². The maximum atomic E-state index is 11.3. The monoisotopic (exact) mass is 249 g/mol. The normalized spacial score (nSPS) is 10.2. The third kappa shape index (κ3) is 2.54. The van der Waals surface area contributed by atoms with Crippen LogP contribution < -0.4 is 10.5 Å². The van der Waals surface area contributed by atoms with Crippen molar-refractivity contribution in [2.24, 2.45) is 0 Å². The summed E-state index contributed by atoms with van der Waals surface area (Å²) in [7, 11) is 0. The van der Waals surface area contributed by atoms with E-state index < -0.39 is 0 Å². The van der Waals surface area contributed by atoms with E-state index in [0.29, 0.717) is 5.58 Å². The van der Waals surface area contributed by atoms with Crippen LogP contribution in [0.3, 0.4) is 0 Å². The number of anilines is 1. The second kappa shape index (κ2) is 5.69. The SMILES string of the molecule is CCN(CC)c1ccc2c(C)cc(=O)oc2c1.O. The Kier molecular flexibility index (Phi) is 4.50. The van der Waals surface area contributed by atoms with Gasteiger partial charge in [0, 0.05) is 36.3 Å². The first-order valence-electron chi connectivity index (χ1n) is 5.95. The molecule has 1 heterocycles. The third-order valence-corrected chi connectivity index (χ3v) is 3.06. The number of aryl methyl sites for hydroxylation is 1. The lowest BCUT2D eigenvalue weighted by Crippen LogP contribution is -2.21. The van der Waals surface area contributed by atoms with Crippen LogP contribution in [0.25, 0.3) is 11.0 Å². The second-order valence-electron chi connectivity index (χ2n) is 4.10. The van der Waals surface area contributed by atoms with Gasteiger partial charge in [-0.05, 0) is 38.5 Å². The topological polar surface area (TPSA) is 65.0 Å². The highest BCUT2D eigenvalue weighted by molar-refractivity contribution is 5.83. The van der Waals surface area contributed by atoms with Crippen LogP contribution in [0.1, 0.15) is 19.4 Å². The van der Waals surface area contributed by atoms with Crippen LogP contribution in [0.15, 0.2) is 33.5 Å². The first kappa shape index (κ1) is 14.3. The summed E-state index contributed by atoms with van der Waals surface area (Å²) in [6.45, 7) is 8.03. The Morgan fingerprint density at radius 2 is 1.83 bits per heavy atom. The molecule has 2 N–H and O–H groups in total. The Balaban J connectivity index is 0.00000162. The lowest BCUT2D eigenvalue weighted by molar-refractivity contribution is 0.560. The molecule has 1 aromatic heterocycles. The second-order valence-corrected chi connectivity index (χ2v) is 4.10. The molecule has 0 spiro atoms.